The molecule has 0 aromatic rings. The molecule has 2 atom stereocenters. The summed E-state index contributed by atoms with van der Waals surface area (Å²) in [5.41, 5.74) is 0. The normalized spacial score (nSPS) is 21.1. The molecule has 0 saturated carbocycles. The number of carbonyl (C=O) groups excluding carboxylic acids is 6. The SMILES string of the molecule is CN(C)C(=O)CN1CCCC(NC(=O)C(=O)NC2CCCN(CC(=O)N(C)C)C2=O)C1=O. The number of rotatable bonds is 6. The van der Waals surface area contributed by atoms with E-state index in [-0.39, 0.29) is 24.9 Å². The largest absolute Gasteiger partial charge is 0.347 e. The van der Waals surface area contributed by atoms with Gasteiger partial charge in [-0.15, -0.1) is 0 Å². The van der Waals surface area contributed by atoms with Crippen molar-refractivity contribution in [3.05, 3.63) is 0 Å². The standard InChI is InChI=1S/C20H32N6O6/c1-23(2)15(27)11-25-9-5-7-13(19(25)31)21-17(29)18(30)22-14-8-6-10-26(20(14)32)12-16(28)24(3)4/h13-14H,5-12H2,1-4H3,(H,21,29)(H,22,30). The fourth-order valence-electron chi connectivity index (χ4n) is 3.52. The summed E-state index contributed by atoms with van der Waals surface area (Å²) in [6.45, 7) is 0.606. The van der Waals surface area contributed by atoms with Crippen molar-refractivity contribution in [3.63, 3.8) is 0 Å². The zero-order chi connectivity index (χ0) is 24.0. The molecule has 0 radical (unpaired) electrons. The van der Waals surface area contributed by atoms with Gasteiger partial charge in [0.2, 0.25) is 23.6 Å². The lowest BCUT2D eigenvalue weighted by Gasteiger charge is -2.33. The summed E-state index contributed by atoms with van der Waals surface area (Å²) in [5, 5.41) is 4.82. The molecule has 2 saturated heterocycles. The third kappa shape index (κ3) is 6.41. The minimum absolute atomic E-state index is 0.0948. The molecule has 2 aliphatic rings. The summed E-state index contributed by atoms with van der Waals surface area (Å²) < 4.78 is 0. The van der Waals surface area contributed by atoms with Gasteiger partial charge in [0.15, 0.2) is 0 Å². The smallest absolute Gasteiger partial charge is 0.309 e. The monoisotopic (exact) mass is 452 g/mol. The first kappa shape index (κ1) is 25.1. The van der Waals surface area contributed by atoms with Gasteiger partial charge in [-0.05, 0) is 25.7 Å². The Kier molecular flexibility index (Phi) is 8.56. The fraction of sp³-hybridized carbons (Fsp3) is 0.700. The van der Waals surface area contributed by atoms with E-state index in [0.29, 0.717) is 38.8 Å². The predicted molar refractivity (Wildman–Crippen MR) is 113 cm³/mol. The summed E-state index contributed by atoms with van der Waals surface area (Å²) >= 11 is 0. The van der Waals surface area contributed by atoms with Gasteiger partial charge in [0, 0.05) is 41.3 Å². The Morgan fingerprint density at radius 1 is 0.750 bits per heavy atom. The van der Waals surface area contributed by atoms with Crippen molar-refractivity contribution >= 4 is 35.4 Å². The molecule has 0 aromatic heterocycles. The van der Waals surface area contributed by atoms with Crippen LogP contribution in [0.4, 0.5) is 0 Å². The maximum absolute atomic E-state index is 12.6. The second-order valence-electron chi connectivity index (χ2n) is 8.43. The number of nitrogens with one attached hydrogen (secondary N) is 2. The highest BCUT2D eigenvalue weighted by molar-refractivity contribution is 6.36. The summed E-state index contributed by atoms with van der Waals surface area (Å²) in [7, 11) is 6.35. The molecule has 2 rings (SSSR count). The van der Waals surface area contributed by atoms with E-state index in [1.54, 1.807) is 28.2 Å². The van der Waals surface area contributed by atoms with Gasteiger partial charge in [0.1, 0.15) is 12.1 Å². The Morgan fingerprint density at radius 2 is 1.09 bits per heavy atom. The van der Waals surface area contributed by atoms with Crippen LogP contribution in [-0.2, 0) is 28.8 Å². The van der Waals surface area contributed by atoms with Gasteiger partial charge in [0.05, 0.1) is 13.1 Å². The van der Waals surface area contributed by atoms with Crippen LogP contribution in [0.5, 0.6) is 0 Å². The molecule has 2 unspecified atom stereocenters. The summed E-state index contributed by atoms with van der Waals surface area (Å²) in [6, 6.07) is -1.82. The van der Waals surface area contributed by atoms with Gasteiger partial charge >= 0.3 is 11.8 Å². The van der Waals surface area contributed by atoms with Crippen LogP contribution >= 0.6 is 0 Å². The average molecular weight is 453 g/mol. The van der Waals surface area contributed by atoms with Crippen LogP contribution in [0.3, 0.4) is 0 Å². The highest BCUT2D eigenvalue weighted by Gasteiger charge is 2.35. The van der Waals surface area contributed by atoms with E-state index in [1.807, 2.05) is 0 Å². The molecule has 12 heteroatoms. The quantitative estimate of drug-likeness (QED) is 0.423. The topological polar surface area (TPSA) is 139 Å². The zero-order valence-corrected chi connectivity index (χ0v) is 19.0. The van der Waals surface area contributed by atoms with Crippen molar-refractivity contribution in [1.29, 1.82) is 0 Å². The Bertz CT molecular complexity index is 719. The number of hydrogen-bond donors (Lipinski definition) is 2. The van der Waals surface area contributed by atoms with Crippen LogP contribution in [0.1, 0.15) is 25.7 Å². The lowest BCUT2D eigenvalue weighted by atomic mass is 10.0. The molecular weight excluding hydrogens is 420 g/mol. The summed E-state index contributed by atoms with van der Waals surface area (Å²) in [5.74, 6) is -3.35. The first-order valence-electron chi connectivity index (χ1n) is 10.6. The van der Waals surface area contributed by atoms with E-state index in [2.05, 4.69) is 10.6 Å². The molecule has 0 aliphatic carbocycles. The molecule has 6 amide bonds. The van der Waals surface area contributed by atoms with Crippen molar-refractivity contribution in [2.24, 2.45) is 0 Å². The van der Waals surface area contributed by atoms with Crippen LogP contribution in [-0.4, -0.2) is 121 Å². The summed E-state index contributed by atoms with van der Waals surface area (Å²) in [6.07, 6.45) is 1.87. The molecule has 0 aromatic carbocycles. The predicted octanol–water partition coefficient (Wildman–Crippen LogP) is -2.62. The second kappa shape index (κ2) is 10.9. The van der Waals surface area contributed by atoms with Crippen LogP contribution in [0.15, 0.2) is 0 Å². The average Bonchev–Trinajstić information content (AvgIpc) is 2.73. The van der Waals surface area contributed by atoms with Crippen molar-refractivity contribution in [2.45, 2.75) is 37.8 Å². The number of amides is 6. The van der Waals surface area contributed by atoms with Crippen molar-refractivity contribution in [1.82, 2.24) is 30.2 Å². The number of likely N-dealkylation sites (tertiary alicyclic amines) is 2. The number of nitrogens with zero attached hydrogens (tertiary/aromatic N) is 4. The number of hydrogen-bond acceptors (Lipinski definition) is 6. The van der Waals surface area contributed by atoms with E-state index in [1.165, 1.54) is 19.6 Å². The minimum atomic E-state index is -1.02. The highest BCUT2D eigenvalue weighted by Crippen LogP contribution is 2.13. The molecule has 2 aliphatic heterocycles. The molecule has 12 nitrogen and oxygen atoms in total. The maximum Gasteiger partial charge on any atom is 0.309 e. The third-order valence-electron chi connectivity index (χ3n) is 5.53. The van der Waals surface area contributed by atoms with Crippen LogP contribution in [0.25, 0.3) is 0 Å². The molecule has 2 N–H and O–H groups in total. The van der Waals surface area contributed by atoms with Gasteiger partial charge in [-0.25, -0.2) is 0 Å². The number of carbonyl (C=O) groups is 6. The van der Waals surface area contributed by atoms with Gasteiger partial charge in [-0.2, -0.15) is 0 Å². The van der Waals surface area contributed by atoms with Crippen molar-refractivity contribution in [2.75, 3.05) is 54.4 Å². The first-order valence-corrected chi connectivity index (χ1v) is 10.6. The maximum atomic E-state index is 12.6. The van der Waals surface area contributed by atoms with Gasteiger partial charge < -0.3 is 30.2 Å². The van der Waals surface area contributed by atoms with Crippen molar-refractivity contribution in [3.8, 4) is 0 Å². The molecule has 2 fully saturated rings. The molecule has 2 heterocycles. The third-order valence-corrected chi connectivity index (χ3v) is 5.53. The first-order chi connectivity index (χ1) is 15.0. The van der Waals surface area contributed by atoms with E-state index in [9.17, 15) is 28.8 Å². The fourth-order valence-corrected chi connectivity index (χ4v) is 3.52. The molecule has 0 spiro atoms. The minimum Gasteiger partial charge on any atom is -0.347 e. The second-order valence-corrected chi connectivity index (χ2v) is 8.43. The van der Waals surface area contributed by atoms with Crippen LogP contribution in [0, 0.1) is 0 Å². The Balaban J connectivity index is 1.91. The molecule has 178 valence electrons. The van der Waals surface area contributed by atoms with Crippen LogP contribution in [0.2, 0.25) is 0 Å². The van der Waals surface area contributed by atoms with Gasteiger partial charge in [-0.3, -0.25) is 28.8 Å². The van der Waals surface area contributed by atoms with E-state index in [0.717, 1.165) is 0 Å². The summed E-state index contributed by atoms with van der Waals surface area (Å²) in [4.78, 5) is 79.2. The Labute approximate surface area is 187 Å². The lowest BCUT2D eigenvalue weighted by Crippen LogP contribution is -2.59. The Morgan fingerprint density at radius 3 is 1.41 bits per heavy atom. The number of likely N-dealkylation sites (N-methyl/N-ethyl adjacent to an activating group) is 2. The lowest BCUT2D eigenvalue weighted by molar-refractivity contribution is -0.147. The van der Waals surface area contributed by atoms with E-state index < -0.39 is 35.7 Å². The van der Waals surface area contributed by atoms with E-state index in [4.69, 9.17) is 0 Å². The van der Waals surface area contributed by atoms with Crippen molar-refractivity contribution < 1.29 is 28.8 Å². The molecule has 0 bridgehead atoms. The van der Waals surface area contributed by atoms with Crippen LogP contribution < -0.4 is 10.6 Å². The van der Waals surface area contributed by atoms with E-state index >= 15 is 0 Å². The van der Waals surface area contributed by atoms with Gasteiger partial charge in [-0.1, -0.05) is 0 Å². The molecular formula is C20H32N6O6. The number of piperidine rings is 2. The highest BCUT2D eigenvalue weighted by atomic mass is 16.2. The zero-order valence-electron chi connectivity index (χ0n) is 19.0. The Hall–Kier alpha value is -3.18. The molecule has 32 heavy (non-hydrogen) atoms. The van der Waals surface area contributed by atoms with Gasteiger partial charge in [0.25, 0.3) is 0 Å².